The Kier molecular flexibility index (Phi) is 6.75. The van der Waals surface area contributed by atoms with Crippen LogP contribution in [0.25, 0.3) is 11.1 Å². The fourth-order valence-corrected chi connectivity index (χ4v) is 2.73. The van der Waals surface area contributed by atoms with Crippen LogP contribution in [-0.4, -0.2) is 21.7 Å². The van der Waals surface area contributed by atoms with Crippen LogP contribution < -0.4 is 5.73 Å². The third kappa shape index (κ3) is 5.07. The molecule has 7 heteroatoms. The molecule has 2 aromatic carbocycles. The molecule has 0 bridgehead atoms. The number of rotatable bonds is 4. The minimum Gasteiger partial charge on any atom is -0.506 e. The zero-order chi connectivity index (χ0) is 21.0. The molecule has 1 heterocycles. The first-order chi connectivity index (χ1) is 13.1. The Hall–Kier alpha value is -2.93. The van der Waals surface area contributed by atoms with E-state index in [2.05, 4.69) is 4.98 Å². The number of aromatic hydroxyl groups is 1. The first kappa shape index (κ1) is 21.4. The molecule has 2 atom stereocenters. The standard InChI is InChI=1S/C11H11NO2S.C10H13NO2/c1-6(7(2)13)8-3-4-9-10(5-8)14-11(15)12-9;1-6(7(2)12)8-3-4-9(11)10(13)5-8/h3-6H,1-2H3,(H,12,15);3-6,13H,11H2,1-2H3. The van der Waals surface area contributed by atoms with Crippen molar-refractivity contribution in [1.29, 1.82) is 0 Å². The summed E-state index contributed by atoms with van der Waals surface area (Å²) in [5.41, 5.74) is 9.07. The molecule has 0 saturated heterocycles. The van der Waals surface area contributed by atoms with Gasteiger partial charge in [-0.15, -0.1) is 0 Å². The lowest BCUT2D eigenvalue weighted by molar-refractivity contribution is -0.118. The van der Waals surface area contributed by atoms with Crippen molar-refractivity contribution in [3.63, 3.8) is 0 Å². The van der Waals surface area contributed by atoms with Gasteiger partial charge in [-0.2, -0.15) is 0 Å². The molecule has 4 N–H and O–H groups in total. The summed E-state index contributed by atoms with van der Waals surface area (Å²) in [4.78, 5) is 25.5. The highest BCUT2D eigenvalue weighted by atomic mass is 32.1. The van der Waals surface area contributed by atoms with Crippen LogP contribution in [0.2, 0.25) is 0 Å². The maximum absolute atomic E-state index is 11.2. The average molecular weight is 401 g/mol. The molecule has 3 rings (SSSR count). The average Bonchev–Trinajstić information content (AvgIpc) is 3.02. The summed E-state index contributed by atoms with van der Waals surface area (Å²) >= 11 is 4.88. The second-order valence-corrected chi connectivity index (χ2v) is 7.12. The van der Waals surface area contributed by atoms with Crippen molar-refractivity contribution >= 4 is 40.6 Å². The molecule has 0 radical (unpaired) electrons. The third-order valence-corrected chi connectivity index (χ3v) is 4.90. The molecule has 0 saturated carbocycles. The summed E-state index contributed by atoms with van der Waals surface area (Å²) in [6, 6.07) is 10.5. The monoisotopic (exact) mass is 400 g/mol. The van der Waals surface area contributed by atoms with E-state index < -0.39 is 0 Å². The molecule has 0 fully saturated rings. The van der Waals surface area contributed by atoms with Crippen molar-refractivity contribution in [3.8, 4) is 5.75 Å². The van der Waals surface area contributed by atoms with Crippen molar-refractivity contribution in [1.82, 2.24) is 4.98 Å². The second-order valence-electron chi connectivity index (χ2n) is 6.75. The number of aromatic amines is 1. The summed E-state index contributed by atoms with van der Waals surface area (Å²) in [6.07, 6.45) is 0. The molecular formula is C21H24N2O4S. The Balaban J connectivity index is 0.000000203. The topological polar surface area (TPSA) is 109 Å². The number of fused-ring (bicyclic) bond motifs is 1. The summed E-state index contributed by atoms with van der Waals surface area (Å²) in [5.74, 6) is -0.0437. The van der Waals surface area contributed by atoms with Crippen molar-refractivity contribution in [2.24, 2.45) is 0 Å². The number of H-pyrrole nitrogens is 1. The van der Waals surface area contributed by atoms with E-state index in [1.807, 2.05) is 25.1 Å². The van der Waals surface area contributed by atoms with Crippen LogP contribution in [-0.2, 0) is 9.59 Å². The maximum Gasteiger partial charge on any atom is 0.266 e. The molecule has 0 aliphatic rings. The number of aromatic nitrogens is 1. The summed E-state index contributed by atoms with van der Waals surface area (Å²) in [6.45, 7) is 6.79. The molecule has 148 valence electrons. The minimum absolute atomic E-state index is 0.0330. The van der Waals surface area contributed by atoms with Gasteiger partial charge in [0.05, 0.1) is 11.2 Å². The smallest absolute Gasteiger partial charge is 0.266 e. The quantitative estimate of drug-likeness (QED) is 0.328. The van der Waals surface area contributed by atoms with Gasteiger partial charge in [0, 0.05) is 11.8 Å². The first-order valence-corrected chi connectivity index (χ1v) is 9.23. The van der Waals surface area contributed by atoms with Gasteiger partial charge in [0.15, 0.2) is 5.58 Å². The zero-order valence-electron chi connectivity index (χ0n) is 16.3. The van der Waals surface area contributed by atoms with Crippen LogP contribution in [0.3, 0.4) is 0 Å². The van der Waals surface area contributed by atoms with Gasteiger partial charge in [-0.1, -0.05) is 26.0 Å². The van der Waals surface area contributed by atoms with E-state index >= 15 is 0 Å². The highest BCUT2D eigenvalue weighted by Crippen LogP contribution is 2.25. The number of Topliss-reactive ketones (excluding diaryl/α,β-unsaturated/α-hetero) is 2. The number of hydrogen-bond acceptors (Lipinski definition) is 6. The van der Waals surface area contributed by atoms with Crippen LogP contribution in [0, 0.1) is 4.84 Å². The number of carbonyl (C=O) groups is 2. The Labute approximate surface area is 168 Å². The SMILES string of the molecule is CC(=O)C(C)c1ccc(N)c(O)c1.CC(=O)C(C)c1ccc2[nH]c(=S)oc2c1. The number of ketones is 2. The van der Waals surface area contributed by atoms with Crippen molar-refractivity contribution in [2.45, 2.75) is 39.5 Å². The van der Waals surface area contributed by atoms with Gasteiger partial charge in [-0.3, -0.25) is 9.59 Å². The highest BCUT2D eigenvalue weighted by molar-refractivity contribution is 7.71. The molecule has 0 aliphatic carbocycles. The van der Waals surface area contributed by atoms with Gasteiger partial charge < -0.3 is 20.2 Å². The molecule has 0 amide bonds. The van der Waals surface area contributed by atoms with Gasteiger partial charge in [-0.25, -0.2) is 0 Å². The predicted octanol–water partition coefficient (Wildman–Crippen LogP) is 4.85. The summed E-state index contributed by atoms with van der Waals surface area (Å²) < 4.78 is 5.29. The number of phenolic OH excluding ortho intramolecular Hbond substituents is 1. The number of phenols is 1. The Morgan fingerprint density at radius 1 is 1.04 bits per heavy atom. The van der Waals surface area contributed by atoms with Gasteiger partial charge in [0.2, 0.25) is 0 Å². The van der Waals surface area contributed by atoms with Crippen molar-refractivity contribution in [2.75, 3.05) is 5.73 Å². The molecule has 6 nitrogen and oxygen atoms in total. The Bertz CT molecular complexity index is 1070. The number of nitrogen functional groups attached to an aromatic ring is 1. The Morgan fingerprint density at radius 3 is 2.11 bits per heavy atom. The molecule has 2 unspecified atom stereocenters. The van der Waals surface area contributed by atoms with Crippen LogP contribution in [0.5, 0.6) is 5.75 Å². The third-order valence-electron chi connectivity index (χ3n) is 4.72. The molecule has 0 aliphatic heterocycles. The van der Waals surface area contributed by atoms with Crippen LogP contribution in [0.15, 0.2) is 40.8 Å². The van der Waals surface area contributed by atoms with E-state index in [1.165, 1.54) is 13.0 Å². The number of carbonyl (C=O) groups excluding carboxylic acids is 2. The van der Waals surface area contributed by atoms with Crippen LogP contribution in [0.1, 0.15) is 50.7 Å². The van der Waals surface area contributed by atoms with Gasteiger partial charge in [-0.05, 0) is 61.5 Å². The van der Waals surface area contributed by atoms with Crippen LogP contribution >= 0.6 is 12.2 Å². The summed E-state index contributed by atoms with van der Waals surface area (Å²) in [5, 5.41) is 9.29. The fourth-order valence-electron chi connectivity index (χ4n) is 2.53. The predicted molar refractivity (Wildman–Crippen MR) is 112 cm³/mol. The normalized spacial score (nSPS) is 12.7. The van der Waals surface area contributed by atoms with E-state index in [1.54, 1.807) is 26.0 Å². The van der Waals surface area contributed by atoms with Gasteiger partial charge >= 0.3 is 0 Å². The van der Waals surface area contributed by atoms with Gasteiger partial charge in [0.1, 0.15) is 17.3 Å². The molecule has 28 heavy (non-hydrogen) atoms. The number of nitrogens with two attached hydrogens (primary N) is 1. The van der Waals surface area contributed by atoms with E-state index in [9.17, 15) is 14.7 Å². The lowest BCUT2D eigenvalue weighted by Crippen LogP contribution is -2.04. The molecule has 0 spiro atoms. The number of nitrogens with one attached hydrogen (secondary N) is 1. The van der Waals surface area contributed by atoms with Crippen molar-refractivity contribution in [3.05, 3.63) is 52.4 Å². The maximum atomic E-state index is 11.2. The fraction of sp³-hybridized carbons (Fsp3) is 0.286. The second kappa shape index (κ2) is 8.84. The van der Waals surface area contributed by atoms with Crippen LogP contribution in [0.4, 0.5) is 5.69 Å². The van der Waals surface area contributed by atoms with Crippen molar-refractivity contribution < 1.29 is 19.1 Å². The number of benzene rings is 2. The number of anilines is 1. The first-order valence-electron chi connectivity index (χ1n) is 8.82. The molecule has 3 aromatic rings. The molecule has 1 aromatic heterocycles. The van der Waals surface area contributed by atoms with Gasteiger partial charge in [0.25, 0.3) is 4.84 Å². The summed E-state index contributed by atoms with van der Waals surface area (Å²) in [7, 11) is 0. The lowest BCUT2D eigenvalue weighted by atomic mass is 9.97. The minimum atomic E-state index is -0.188. The van der Waals surface area contributed by atoms with E-state index in [0.717, 1.165) is 16.6 Å². The van der Waals surface area contributed by atoms with E-state index in [-0.39, 0.29) is 29.2 Å². The van der Waals surface area contributed by atoms with E-state index in [4.69, 9.17) is 22.4 Å². The highest BCUT2D eigenvalue weighted by Gasteiger charge is 2.12. The van der Waals surface area contributed by atoms with E-state index in [0.29, 0.717) is 16.1 Å². The lowest BCUT2D eigenvalue weighted by Gasteiger charge is -2.08. The molecular weight excluding hydrogens is 376 g/mol. The number of hydrogen-bond donors (Lipinski definition) is 3. The largest absolute Gasteiger partial charge is 0.506 e. The Morgan fingerprint density at radius 2 is 1.57 bits per heavy atom. The zero-order valence-corrected chi connectivity index (χ0v) is 17.1. The number of oxazole rings is 1.